The minimum Gasteiger partial charge on any atom is -0.444 e. The lowest BCUT2D eigenvalue weighted by Gasteiger charge is -2.25. The number of epoxide rings is 1. The molecule has 0 unspecified atom stereocenters. The van der Waals surface area contributed by atoms with E-state index in [-0.39, 0.29) is 6.09 Å². The van der Waals surface area contributed by atoms with Crippen LogP contribution in [0.3, 0.4) is 0 Å². The predicted octanol–water partition coefficient (Wildman–Crippen LogP) is 2.73. The average Bonchev–Trinajstić information content (AvgIpc) is 3.02. The predicted molar refractivity (Wildman–Crippen MR) is 69.5 cm³/mol. The van der Waals surface area contributed by atoms with Crippen LogP contribution in [0.5, 0.6) is 0 Å². The van der Waals surface area contributed by atoms with E-state index in [0.717, 1.165) is 19.3 Å². The van der Waals surface area contributed by atoms with Crippen LogP contribution in [0.2, 0.25) is 0 Å². The smallest absolute Gasteiger partial charge is 0.410 e. The third-order valence-electron chi connectivity index (χ3n) is 3.25. The number of fused-ring (bicyclic) bond motifs is 1. The van der Waals surface area contributed by atoms with Gasteiger partial charge in [-0.3, -0.25) is 0 Å². The van der Waals surface area contributed by atoms with Crippen LogP contribution in [0.4, 0.5) is 4.79 Å². The van der Waals surface area contributed by atoms with Gasteiger partial charge in [0, 0.05) is 13.6 Å². The minimum atomic E-state index is -0.430. The maximum atomic E-state index is 11.8. The molecule has 0 aromatic carbocycles. The number of ether oxygens (including phenoxy) is 2. The SMILES string of the molecule is CN(CCC1=CCC[C@@H]2O[C@H]12)C(=O)OC(C)(C)C. The fourth-order valence-corrected chi connectivity index (χ4v) is 2.21. The monoisotopic (exact) mass is 253 g/mol. The molecule has 1 heterocycles. The van der Waals surface area contributed by atoms with Crippen LogP contribution >= 0.6 is 0 Å². The van der Waals surface area contributed by atoms with Crippen molar-refractivity contribution in [2.24, 2.45) is 0 Å². The van der Waals surface area contributed by atoms with E-state index < -0.39 is 5.60 Å². The van der Waals surface area contributed by atoms with Gasteiger partial charge in [0.25, 0.3) is 0 Å². The molecule has 18 heavy (non-hydrogen) atoms. The van der Waals surface area contributed by atoms with Gasteiger partial charge in [-0.1, -0.05) is 6.08 Å². The third-order valence-corrected chi connectivity index (χ3v) is 3.25. The summed E-state index contributed by atoms with van der Waals surface area (Å²) in [6.45, 7) is 6.33. The van der Waals surface area contributed by atoms with Crippen molar-refractivity contribution in [2.45, 2.75) is 57.8 Å². The Morgan fingerprint density at radius 3 is 2.94 bits per heavy atom. The van der Waals surface area contributed by atoms with Crippen LogP contribution in [0.1, 0.15) is 40.0 Å². The molecule has 0 saturated carbocycles. The summed E-state index contributed by atoms with van der Waals surface area (Å²) in [4.78, 5) is 13.4. The zero-order chi connectivity index (χ0) is 13.3. The Bertz CT molecular complexity index is 357. The fourth-order valence-electron chi connectivity index (χ4n) is 2.21. The zero-order valence-electron chi connectivity index (χ0n) is 11.7. The highest BCUT2D eigenvalue weighted by Crippen LogP contribution is 2.38. The molecule has 1 aliphatic heterocycles. The van der Waals surface area contributed by atoms with Crippen molar-refractivity contribution in [3.05, 3.63) is 11.6 Å². The number of allylic oxidation sites excluding steroid dienone is 1. The lowest BCUT2D eigenvalue weighted by atomic mass is 9.97. The molecule has 1 aliphatic carbocycles. The number of carbonyl (C=O) groups excluding carboxylic acids is 1. The van der Waals surface area contributed by atoms with E-state index in [1.54, 1.807) is 11.9 Å². The number of carbonyl (C=O) groups is 1. The molecule has 0 aromatic rings. The van der Waals surface area contributed by atoms with E-state index >= 15 is 0 Å². The zero-order valence-corrected chi connectivity index (χ0v) is 11.7. The summed E-state index contributed by atoms with van der Waals surface area (Å²) in [6.07, 6.45) is 5.94. The second kappa shape index (κ2) is 4.92. The molecule has 1 amide bonds. The van der Waals surface area contributed by atoms with E-state index in [1.807, 2.05) is 20.8 Å². The van der Waals surface area contributed by atoms with E-state index in [4.69, 9.17) is 9.47 Å². The van der Waals surface area contributed by atoms with Crippen molar-refractivity contribution < 1.29 is 14.3 Å². The first-order valence-electron chi connectivity index (χ1n) is 6.65. The molecule has 4 heteroatoms. The Morgan fingerprint density at radius 1 is 1.56 bits per heavy atom. The summed E-state index contributed by atoms with van der Waals surface area (Å²) in [5, 5.41) is 0. The molecule has 0 bridgehead atoms. The molecule has 2 rings (SSSR count). The van der Waals surface area contributed by atoms with Gasteiger partial charge in [-0.2, -0.15) is 0 Å². The number of hydrogen-bond donors (Lipinski definition) is 0. The normalized spacial score (nSPS) is 26.1. The molecule has 0 radical (unpaired) electrons. The van der Waals surface area contributed by atoms with Gasteiger partial charge in [0.15, 0.2) is 0 Å². The molecule has 0 N–H and O–H groups in total. The van der Waals surface area contributed by atoms with Crippen LogP contribution in [0.25, 0.3) is 0 Å². The molecule has 2 atom stereocenters. The molecule has 0 aromatic heterocycles. The van der Waals surface area contributed by atoms with Crippen molar-refractivity contribution >= 4 is 6.09 Å². The maximum absolute atomic E-state index is 11.8. The lowest BCUT2D eigenvalue weighted by Crippen LogP contribution is -2.35. The van der Waals surface area contributed by atoms with Crippen molar-refractivity contribution in [1.29, 1.82) is 0 Å². The largest absolute Gasteiger partial charge is 0.444 e. The van der Waals surface area contributed by atoms with Crippen molar-refractivity contribution in [3.63, 3.8) is 0 Å². The highest BCUT2D eigenvalue weighted by atomic mass is 16.6. The molecule has 0 spiro atoms. The summed E-state index contributed by atoms with van der Waals surface area (Å²) >= 11 is 0. The van der Waals surface area contributed by atoms with Crippen molar-refractivity contribution in [1.82, 2.24) is 4.90 Å². The van der Waals surface area contributed by atoms with Gasteiger partial charge in [0.1, 0.15) is 11.7 Å². The van der Waals surface area contributed by atoms with Crippen LogP contribution in [-0.2, 0) is 9.47 Å². The average molecular weight is 253 g/mol. The molecule has 4 nitrogen and oxygen atoms in total. The van der Waals surface area contributed by atoms with Crippen molar-refractivity contribution in [2.75, 3.05) is 13.6 Å². The van der Waals surface area contributed by atoms with Crippen LogP contribution in [0.15, 0.2) is 11.6 Å². The van der Waals surface area contributed by atoms with Crippen molar-refractivity contribution in [3.8, 4) is 0 Å². The fraction of sp³-hybridized carbons (Fsp3) is 0.786. The molecular weight excluding hydrogens is 230 g/mol. The van der Waals surface area contributed by atoms with Crippen LogP contribution < -0.4 is 0 Å². The molecular formula is C14H23NO3. The first kappa shape index (κ1) is 13.4. The van der Waals surface area contributed by atoms with Crippen LogP contribution in [0, 0.1) is 0 Å². The van der Waals surface area contributed by atoms with E-state index in [2.05, 4.69) is 6.08 Å². The summed E-state index contributed by atoms with van der Waals surface area (Å²) in [5.41, 5.74) is 0.918. The van der Waals surface area contributed by atoms with Gasteiger partial charge >= 0.3 is 6.09 Å². The number of amides is 1. The molecule has 2 aliphatic rings. The maximum Gasteiger partial charge on any atom is 0.410 e. The Morgan fingerprint density at radius 2 is 2.28 bits per heavy atom. The van der Waals surface area contributed by atoms with Gasteiger partial charge in [0.05, 0.1) is 6.10 Å². The first-order valence-corrected chi connectivity index (χ1v) is 6.65. The third kappa shape index (κ3) is 3.48. The second-order valence-corrected chi connectivity index (χ2v) is 6.10. The number of nitrogens with zero attached hydrogens (tertiary/aromatic N) is 1. The Hall–Kier alpha value is -1.03. The summed E-state index contributed by atoms with van der Waals surface area (Å²) in [7, 11) is 1.78. The summed E-state index contributed by atoms with van der Waals surface area (Å²) in [5.74, 6) is 0. The highest BCUT2D eigenvalue weighted by Gasteiger charge is 2.42. The molecule has 102 valence electrons. The Kier molecular flexibility index (Phi) is 3.66. The Labute approximate surface area is 109 Å². The summed E-state index contributed by atoms with van der Waals surface area (Å²) in [6, 6.07) is 0. The number of rotatable bonds is 3. The van der Waals surface area contributed by atoms with Gasteiger partial charge in [0.2, 0.25) is 0 Å². The van der Waals surface area contributed by atoms with Gasteiger partial charge < -0.3 is 14.4 Å². The highest BCUT2D eigenvalue weighted by molar-refractivity contribution is 5.67. The quantitative estimate of drug-likeness (QED) is 0.573. The van der Waals surface area contributed by atoms with Gasteiger partial charge in [-0.15, -0.1) is 0 Å². The lowest BCUT2D eigenvalue weighted by molar-refractivity contribution is 0.0300. The van der Waals surface area contributed by atoms with E-state index in [9.17, 15) is 4.79 Å². The van der Waals surface area contributed by atoms with Gasteiger partial charge in [-0.25, -0.2) is 4.79 Å². The Balaban J connectivity index is 1.76. The standard InChI is InChI=1S/C14H23NO3/c1-14(2,3)18-13(16)15(4)9-8-10-6-5-7-11-12(10)17-11/h6,11-12H,5,7-9H2,1-4H3/t11-,12+/m0/s1. The van der Waals surface area contributed by atoms with Gasteiger partial charge in [-0.05, 0) is 45.6 Å². The summed E-state index contributed by atoms with van der Waals surface area (Å²) < 4.78 is 10.9. The first-order chi connectivity index (χ1) is 8.37. The molecule has 1 fully saturated rings. The van der Waals surface area contributed by atoms with Crippen LogP contribution in [-0.4, -0.2) is 42.4 Å². The van der Waals surface area contributed by atoms with E-state index in [1.165, 1.54) is 5.57 Å². The minimum absolute atomic E-state index is 0.257. The number of hydrogen-bond acceptors (Lipinski definition) is 3. The molecule has 1 saturated heterocycles. The second-order valence-electron chi connectivity index (χ2n) is 6.10. The van der Waals surface area contributed by atoms with E-state index in [0.29, 0.717) is 18.8 Å². The topological polar surface area (TPSA) is 42.1 Å².